The second-order valence-corrected chi connectivity index (χ2v) is 4.01. The lowest BCUT2D eigenvalue weighted by Gasteiger charge is -2.04. The molecule has 2 heterocycles. The first-order valence-corrected chi connectivity index (χ1v) is 5.47. The fourth-order valence-corrected chi connectivity index (χ4v) is 2.09. The molecule has 1 aromatic carbocycles. The molecule has 3 nitrogen and oxygen atoms in total. The Balaban J connectivity index is 2.52. The summed E-state index contributed by atoms with van der Waals surface area (Å²) >= 11 is 5.55. The highest BCUT2D eigenvalue weighted by atomic mass is 35.5. The lowest BCUT2D eigenvalue weighted by molar-refractivity contribution is 0.108. The van der Waals surface area contributed by atoms with Crippen molar-refractivity contribution >= 4 is 38.6 Å². The van der Waals surface area contributed by atoms with Crippen molar-refractivity contribution in [2.24, 2.45) is 0 Å². The standard InChI is InChI=1S/C13H7ClN2O/c14-13(17)10-5-7-16-12-9(10)4-3-8-2-1-6-15-11(8)12/h1-7H. The minimum Gasteiger partial charge on any atom is -0.276 e. The molecule has 0 aliphatic rings. The summed E-state index contributed by atoms with van der Waals surface area (Å²) in [5.74, 6) is 0. The topological polar surface area (TPSA) is 42.9 Å². The normalized spacial score (nSPS) is 10.9. The summed E-state index contributed by atoms with van der Waals surface area (Å²) in [7, 11) is 0. The lowest BCUT2D eigenvalue weighted by Crippen LogP contribution is -1.93. The fourth-order valence-electron chi connectivity index (χ4n) is 1.93. The quantitative estimate of drug-likeness (QED) is 0.486. The smallest absolute Gasteiger partial charge is 0.253 e. The summed E-state index contributed by atoms with van der Waals surface area (Å²) in [6.45, 7) is 0. The van der Waals surface area contributed by atoms with E-state index >= 15 is 0 Å². The number of halogens is 1. The molecule has 0 aliphatic carbocycles. The molecule has 0 unspecified atom stereocenters. The summed E-state index contributed by atoms with van der Waals surface area (Å²) < 4.78 is 0. The zero-order chi connectivity index (χ0) is 11.8. The van der Waals surface area contributed by atoms with Crippen LogP contribution < -0.4 is 0 Å². The Kier molecular flexibility index (Phi) is 2.27. The van der Waals surface area contributed by atoms with Gasteiger partial charge in [-0.3, -0.25) is 14.8 Å². The highest BCUT2D eigenvalue weighted by Gasteiger charge is 2.10. The van der Waals surface area contributed by atoms with E-state index in [9.17, 15) is 4.79 Å². The predicted octanol–water partition coefficient (Wildman–Crippen LogP) is 3.16. The first kappa shape index (κ1) is 10.2. The van der Waals surface area contributed by atoms with Crippen LogP contribution in [0.2, 0.25) is 0 Å². The van der Waals surface area contributed by atoms with Crippen LogP contribution in [0.25, 0.3) is 21.8 Å². The molecule has 0 saturated carbocycles. The zero-order valence-corrected chi connectivity index (χ0v) is 9.48. The van der Waals surface area contributed by atoms with Crippen LogP contribution in [0.1, 0.15) is 10.4 Å². The molecule has 3 aromatic rings. The van der Waals surface area contributed by atoms with Gasteiger partial charge < -0.3 is 0 Å². The van der Waals surface area contributed by atoms with Gasteiger partial charge in [-0.25, -0.2) is 0 Å². The van der Waals surface area contributed by atoms with E-state index in [4.69, 9.17) is 11.6 Å². The summed E-state index contributed by atoms with van der Waals surface area (Å²) in [6, 6.07) is 9.20. The number of carbonyl (C=O) groups excluding carboxylic acids is 1. The van der Waals surface area contributed by atoms with E-state index < -0.39 is 5.24 Å². The van der Waals surface area contributed by atoms with Crippen molar-refractivity contribution in [3.8, 4) is 0 Å². The lowest BCUT2D eigenvalue weighted by atomic mass is 10.1. The molecular weight excluding hydrogens is 236 g/mol. The van der Waals surface area contributed by atoms with Crippen LogP contribution in [0.4, 0.5) is 0 Å². The summed E-state index contributed by atoms with van der Waals surface area (Å²) in [5, 5.41) is 1.25. The van der Waals surface area contributed by atoms with Crippen LogP contribution in [0.5, 0.6) is 0 Å². The molecule has 0 radical (unpaired) electrons. The van der Waals surface area contributed by atoms with Crippen LogP contribution >= 0.6 is 11.6 Å². The summed E-state index contributed by atoms with van der Waals surface area (Å²) in [6.07, 6.45) is 3.28. The molecule has 3 rings (SSSR count). The van der Waals surface area contributed by atoms with E-state index in [1.165, 1.54) is 0 Å². The van der Waals surface area contributed by atoms with E-state index in [2.05, 4.69) is 9.97 Å². The van der Waals surface area contributed by atoms with Crippen LogP contribution in [-0.4, -0.2) is 15.2 Å². The number of hydrogen-bond acceptors (Lipinski definition) is 3. The summed E-state index contributed by atoms with van der Waals surface area (Å²) in [4.78, 5) is 19.9. The third kappa shape index (κ3) is 1.56. The first-order valence-electron chi connectivity index (χ1n) is 5.09. The highest BCUT2D eigenvalue weighted by molar-refractivity contribution is 6.68. The molecule has 4 heteroatoms. The van der Waals surface area contributed by atoms with Crippen LogP contribution in [0, 0.1) is 0 Å². The van der Waals surface area contributed by atoms with Crippen LogP contribution in [-0.2, 0) is 0 Å². The highest BCUT2D eigenvalue weighted by Crippen LogP contribution is 2.24. The van der Waals surface area contributed by atoms with Crippen molar-refractivity contribution in [1.29, 1.82) is 0 Å². The van der Waals surface area contributed by atoms with Gasteiger partial charge in [-0.05, 0) is 23.7 Å². The Labute approximate surface area is 102 Å². The molecule has 17 heavy (non-hydrogen) atoms. The van der Waals surface area contributed by atoms with Crippen LogP contribution in [0.3, 0.4) is 0 Å². The van der Waals surface area contributed by atoms with Gasteiger partial charge in [-0.2, -0.15) is 0 Å². The van der Waals surface area contributed by atoms with E-state index in [1.807, 2.05) is 24.3 Å². The van der Waals surface area contributed by atoms with Crippen molar-refractivity contribution in [2.45, 2.75) is 0 Å². The third-order valence-corrected chi connectivity index (χ3v) is 2.90. The van der Waals surface area contributed by atoms with Crippen molar-refractivity contribution < 1.29 is 4.79 Å². The molecular formula is C13H7ClN2O. The van der Waals surface area contributed by atoms with E-state index in [0.29, 0.717) is 11.1 Å². The Morgan fingerprint density at radius 1 is 1.00 bits per heavy atom. The molecule has 0 spiro atoms. The molecule has 82 valence electrons. The number of aromatic nitrogens is 2. The average Bonchev–Trinajstić information content (AvgIpc) is 2.37. The molecule has 0 bridgehead atoms. The number of carbonyl (C=O) groups is 1. The minimum atomic E-state index is -0.479. The van der Waals surface area contributed by atoms with Gasteiger partial charge in [-0.1, -0.05) is 18.2 Å². The molecule has 0 fully saturated rings. The third-order valence-electron chi connectivity index (χ3n) is 2.69. The van der Waals surface area contributed by atoms with Crippen molar-refractivity contribution in [1.82, 2.24) is 9.97 Å². The van der Waals surface area contributed by atoms with Gasteiger partial charge in [0.25, 0.3) is 5.24 Å². The molecule has 0 N–H and O–H groups in total. The van der Waals surface area contributed by atoms with Gasteiger partial charge in [0.05, 0.1) is 11.0 Å². The number of fused-ring (bicyclic) bond motifs is 3. The first-order chi connectivity index (χ1) is 8.27. The monoisotopic (exact) mass is 242 g/mol. The van der Waals surface area contributed by atoms with Gasteiger partial charge >= 0.3 is 0 Å². The van der Waals surface area contributed by atoms with E-state index in [0.717, 1.165) is 16.3 Å². The molecule has 0 atom stereocenters. The number of pyridine rings is 2. The van der Waals surface area contributed by atoms with Crippen molar-refractivity contribution in [3.05, 3.63) is 48.3 Å². The number of hydrogen-bond donors (Lipinski definition) is 0. The Morgan fingerprint density at radius 2 is 1.82 bits per heavy atom. The maximum atomic E-state index is 11.3. The Hall–Kier alpha value is -2.00. The van der Waals surface area contributed by atoms with Crippen molar-refractivity contribution in [2.75, 3.05) is 0 Å². The molecule has 2 aromatic heterocycles. The predicted molar refractivity (Wildman–Crippen MR) is 67.2 cm³/mol. The molecule has 0 saturated heterocycles. The van der Waals surface area contributed by atoms with Gasteiger partial charge in [-0.15, -0.1) is 0 Å². The number of rotatable bonds is 1. The van der Waals surface area contributed by atoms with Gasteiger partial charge in [0.15, 0.2) is 0 Å². The number of nitrogens with zero attached hydrogens (tertiary/aromatic N) is 2. The molecule has 0 amide bonds. The van der Waals surface area contributed by atoms with Crippen molar-refractivity contribution in [3.63, 3.8) is 0 Å². The van der Waals surface area contributed by atoms with E-state index in [-0.39, 0.29) is 0 Å². The number of benzene rings is 1. The van der Waals surface area contributed by atoms with Crippen LogP contribution in [0.15, 0.2) is 42.7 Å². The fraction of sp³-hybridized carbons (Fsp3) is 0. The average molecular weight is 243 g/mol. The summed E-state index contributed by atoms with van der Waals surface area (Å²) in [5.41, 5.74) is 1.95. The largest absolute Gasteiger partial charge is 0.276 e. The minimum absolute atomic E-state index is 0.462. The maximum Gasteiger partial charge on any atom is 0.253 e. The van der Waals surface area contributed by atoms with E-state index in [1.54, 1.807) is 18.5 Å². The molecule has 0 aliphatic heterocycles. The van der Waals surface area contributed by atoms with Gasteiger partial charge in [0.2, 0.25) is 0 Å². The second kappa shape index (κ2) is 3.79. The van der Waals surface area contributed by atoms with Gasteiger partial charge in [0, 0.05) is 28.7 Å². The second-order valence-electron chi connectivity index (χ2n) is 3.67. The SMILES string of the molecule is O=C(Cl)c1ccnc2c1ccc1cccnc12. The maximum absolute atomic E-state index is 11.3. The Morgan fingerprint density at radius 3 is 2.65 bits per heavy atom. The Bertz CT molecular complexity index is 740. The van der Waals surface area contributed by atoms with Gasteiger partial charge in [0.1, 0.15) is 0 Å². The zero-order valence-electron chi connectivity index (χ0n) is 8.72.